The summed E-state index contributed by atoms with van der Waals surface area (Å²) >= 11 is 5.91. The lowest BCUT2D eigenvalue weighted by Gasteiger charge is -2.27. The van der Waals surface area contributed by atoms with Crippen molar-refractivity contribution in [2.75, 3.05) is 25.6 Å². The van der Waals surface area contributed by atoms with Crippen molar-refractivity contribution in [1.82, 2.24) is 10.6 Å². The van der Waals surface area contributed by atoms with E-state index in [2.05, 4.69) is 15.6 Å². The summed E-state index contributed by atoms with van der Waals surface area (Å²) in [5, 5.41) is 7.31. The first-order valence-corrected chi connectivity index (χ1v) is 10.4. The second-order valence-corrected chi connectivity index (χ2v) is 9.58. The molecule has 2 N–H and O–H groups in total. The minimum absolute atomic E-state index is 0. The van der Waals surface area contributed by atoms with Gasteiger partial charge in [-0.05, 0) is 36.5 Å². The van der Waals surface area contributed by atoms with Gasteiger partial charge in [-0.15, -0.1) is 24.0 Å². The van der Waals surface area contributed by atoms with Crippen LogP contribution in [0.4, 0.5) is 0 Å². The molecule has 144 valence electrons. The van der Waals surface area contributed by atoms with Crippen molar-refractivity contribution in [3.8, 4) is 0 Å². The first-order chi connectivity index (χ1) is 11.0. The van der Waals surface area contributed by atoms with Gasteiger partial charge in [0.15, 0.2) is 5.96 Å². The molecule has 1 rings (SSSR count). The van der Waals surface area contributed by atoms with Crippen LogP contribution in [0.2, 0.25) is 5.02 Å². The summed E-state index contributed by atoms with van der Waals surface area (Å²) in [6.07, 6.45) is 1.87. The highest BCUT2D eigenvalue weighted by molar-refractivity contribution is 14.0. The van der Waals surface area contributed by atoms with Gasteiger partial charge >= 0.3 is 0 Å². The first-order valence-electron chi connectivity index (χ1n) is 7.93. The monoisotopic (exact) mass is 501 g/mol. The molecule has 0 bridgehead atoms. The zero-order chi connectivity index (χ0) is 18.4. The highest BCUT2D eigenvalue weighted by Gasteiger charge is 2.21. The van der Waals surface area contributed by atoms with Crippen LogP contribution in [-0.4, -0.2) is 40.0 Å². The second kappa shape index (κ2) is 10.6. The Morgan fingerprint density at radius 1 is 1.28 bits per heavy atom. The van der Waals surface area contributed by atoms with Gasteiger partial charge in [0, 0.05) is 24.9 Å². The van der Waals surface area contributed by atoms with Crippen LogP contribution in [0.3, 0.4) is 0 Å². The number of nitrogens with zero attached hydrogens (tertiary/aromatic N) is 1. The molecule has 0 heterocycles. The van der Waals surface area contributed by atoms with Crippen molar-refractivity contribution < 1.29 is 8.42 Å². The Bertz CT molecular complexity index is 661. The summed E-state index contributed by atoms with van der Waals surface area (Å²) in [7, 11) is -1.23. The average Bonchev–Trinajstić information content (AvgIpc) is 2.49. The van der Waals surface area contributed by atoms with E-state index in [9.17, 15) is 8.42 Å². The zero-order valence-corrected chi connectivity index (χ0v) is 19.4. The lowest BCUT2D eigenvalue weighted by atomic mass is 9.90. The standard InChI is InChI=1S/C17H28ClN3O2S.HI/c1-13(14-6-8-15(18)9-7-14)21-16(19-4)20-12-17(2,3)10-11-24(5,22)23;/h6-9,13H,10-12H2,1-5H3,(H2,19,20,21);1H. The van der Waals surface area contributed by atoms with Gasteiger partial charge in [-0.2, -0.15) is 0 Å². The summed E-state index contributed by atoms with van der Waals surface area (Å²) in [5.74, 6) is 0.874. The topological polar surface area (TPSA) is 70.6 Å². The lowest BCUT2D eigenvalue weighted by Crippen LogP contribution is -2.43. The van der Waals surface area contributed by atoms with E-state index in [0.29, 0.717) is 23.9 Å². The molecular weight excluding hydrogens is 473 g/mol. The number of benzene rings is 1. The van der Waals surface area contributed by atoms with Gasteiger partial charge in [0.1, 0.15) is 9.84 Å². The predicted octanol–water partition coefficient (Wildman–Crippen LogP) is 3.64. The molecule has 0 aliphatic rings. The quantitative estimate of drug-likeness (QED) is 0.340. The van der Waals surface area contributed by atoms with E-state index in [1.54, 1.807) is 7.05 Å². The van der Waals surface area contributed by atoms with Gasteiger partial charge in [-0.1, -0.05) is 37.6 Å². The van der Waals surface area contributed by atoms with Crippen LogP contribution in [0, 0.1) is 5.41 Å². The van der Waals surface area contributed by atoms with Gasteiger partial charge in [0.05, 0.1) is 11.8 Å². The van der Waals surface area contributed by atoms with Crippen molar-refractivity contribution >= 4 is 51.4 Å². The molecule has 0 aromatic heterocycles. The number of aliphatic imine (C=N–C) groups is 1. The molecule has 1 unspecified atom stereocenters. The fraction of sp³-hybridized carbons (Fsp3) is 0.588. The van der Waals surface area contributed by atoms with Crippen LogP contribution < -0.4 is 10.6 Å². The third-order valence-electron chi connectivity index (χ3n) is 3.83. The number of hydrogen-bond donors (Lipinski definition) is 2. The highest BCUT2D eigenvalue weighted by atomic mass is 127. The summed E-state index contributed by atoms with van der Waals surface area (Å²) in [6.45, 7) is 6.77. The van der Waals surface area contributed by atoms with E-state index in [0.717, 1.165) is 5.56 Å². The largest absolute Gasteiger partial charge is 0.356 e. The van der Waals surface area contributed by atoms with Crippen molar-refractivity contribution in [2.45, 2.75) is 33.2 Å². The van der Waals surface area contributed by atoms with Crippen LogP contribution in [0.5, 0.6) is 0 Å². The third kappa shape index (κ3) is 10.3. The van der Waals surface area contributed by atoms with Gasteiger partial charge in [0.25, 0.3) is 0 Å². The fourth-order valence-electron chi connectivity index (χ4n) is 2.11. The lowest BCUT2D eigenvalue weighted by molar-refractivity contribution is 0.348. The summed E-state index contributed by atoms with van der Waals surface area (Å²) < 4.78 is 22.7. The Kier molecular flexibility index (Phi) is 10.3. The Morgan fingerprint density at radius 3 is 2.32 bits per heavy atom. The molecule has 0 saturated carbocycles. The zero-order valence-electron chi connectivity index (χ0n) is 15.5. The van der Waals surface area contributed by atoms with E-state index >= 15 is 0 Å². The molecule has 25 heavy (non-hydrogen) atoms. The number of guanidine groups is 1. The molecule has 0 radical (unpaired) electrons. The SMILES string of the molecule is CN=C(NCC(C)(C)CCS(C)(=O)=O)NC(C)c1ccc(Cl)cc1.I. The van der Waals surface area contributed by atoms with E-state index in [1.165, 1.54) is 6.26 Å². The van der Waals surface area contributed by atoms with Crippen molar-refractivity contribution in [2.24, 2.45) is 10.4 Å². The average molecular weight is 502 g/mol. The smallest absolute Gasteiger partial charge is 0.191 e. The minimum atomic E-state index is -2.94. The molecular formula is C17H29ClIN3O2S. The van der Waals surface area contributed by atoms with Crippen LogP contribution in [0.25, 0.3) is 0 Å². The molecule has 5 nitrogen and oxygen atoms in total. The minimum Gasteiger partial charge on any atom is -0.356 e. The molecule has 0 saturated heterocycles. The highest BCUT2D eigenvalue weighted by Crippen LogP contribution is 2.20. The van der Waals surface area contributed by atoms with Crippen LogP contribution in [-0.2, 0) is 9.84 Å². The first kappa shape index (κ1) is 24.5. The maximum Gasteiger partial charge on any atom is 0.191 e. The Hall–Kier alpha value is -0.540. The molecule has 0 aliphatic heterocycles. The molecule has 0 amide bonds. The number of nitrogens with one attached hydrogen (secondary N) is 2. The van der Waals surface area contributed by atoms with Gasteiger partial charge < -0.3 is 10.6 Å². The predicted molar refractivity (Wildman–Crippen MR) is 118 cm³/mol. The number of halogens is 2. The van der Waals surface area contributed by atoms with Crippen molar-refractivity contribution in [3.05, 3.63) is 34.9 Å². The van der Waals surface area contributed by atoms with Gasteiger partial charge in [-0.3, -0.25) is 4.99 Å². The van der Waals surface area contributed by atoms with E-state index in [-0.39, 0.29) is 41.2 Å². The second-order valence-electron chi connectivity index (χ2n) is 6.89. The van der Waals surface area contributed by atoms with Crippen LogP contribution in [0.1, 0.15) is 38.8 Å². The van der Waals surface area contributed by atoms with Crippen molar-refractivity contribution in [3.63, 3.8) is 0 Å². The van der Waals surface area contributed by atoms with Crippen LogP contribution >= 0.6 is 35.6 Å². The molecule has 0 aliphatic carbocycles. The Morgan fingerprint density at radius 2 is 1.84 bits per heavy atom. The summed E-state index contributed by atoms with van der Waals surface area (Å²) in [5.41, 5.74) is 0.961. The fourth-order valence-corrected chi connectivity index (χ4v) is 3.16. The molecule has 0 fully saturated rings. The summed E-state index contributed by atoms with van der Waals surface area (Å²) in [4.78, 5) is 4.23. The maximum atomic E-state index is 11.3. The number of hydrogen-bond acceptors (Lipinski definition) is 3. The van der Waals surface area contributed by atoms with E-state index in [4.69, 9.17) is 11.6 Å². The van der Waals surface area contributed by atoms with E-state index in [1.807, 2.05) is 45.0 Å². The van der Waals surface area contributed by atoms with E-state index < -0.39 is 9.84 Å². The van der Waals surface area contributed by atoms with Crippen LogP contribution in [0.15, 0.2) is 29.3 Å². The number of rotatable bonds is 7. The Balaban J connectivity index is 0.00000576. The van der Waals surface area contributed by atoms with Gasteiger partial charge in [0.2, 0.25) is 0 Å². The van der Waals surface area contributed by atoms with Gasteiger partial charge in [-0.25, -0.2) is 8.42 Å². The summed E-state index contributed by atoms with van der Waals surface area (Å²) in [6, 6.07) is 7.75. The Labute approximate surface area is 174 Å². The molecule has 1 aromatic rings. The molecule has 1 aromatic carbocycles. The molecule has 0 spiro atoms. The normalized spacial score (nSPS) is 13.8. The molecule has 1 atom stereocenters. The molecule has 8 heteroatoms. The maximum absolute atomic E-state index is 11.3. The van der Waals surface area contributed by atoms with Crippen molar-refractivity contribution in [1.29, 1.82) is 0 Å². The number of sulfone groups is 1. The third-order valence-corrected chi connectivity index (χ3v) is 5.03.